The van der Waals surface area contributed by atoms with E-state index in [0.29, 0.717) is 5.56 Å². The van der Waals surface area contributed by atoms with Gasteiger partial charge in [0.2, 0.25) is 0 Å². The van der Waals surface area contributed by atoms with Gasteiger partial charge in [0.15, 0.2) is 0 Å². The fourth-order valence-electron chi connectivity index (χ4n) is 1.07. The SMILES string of the molecule is C=CCCNc1cc(Br)ccc1C#N. The minimum Gasteiger partial charge on any atom is -0.384 e. The van der Waals surface area contributed by atoms with E-state index in [1.54, 1.807) is 6.07 Å². The zero-order valence-corrected chi connectivity index (χ0v) is 9.34. The van der Waals surface area contributed by atoms with Crippen molar-refractivity contribution >= 4 is 21.6 Å². The van der Waals surface area contributed by atoms with E-state index in [-0.39, 0.29) is 0 Å². The van der Waals surface area contributed by atoms with Crippen LogP contribution in [0.3, 0.4) is 0 Å². The van der Waals surface area contributed by atoms with E-state index in [9.17, 15) is 0 Å². The van der Waals surface area contributed by atoms with E-state index in [4.69, 9.17) is 5.26 Å². The van der Waals surface area contributed by atoms with Gasteiger partial charge in [-0.15, -0.1) is 6.58 Å². The smallest absolute Gasteiger partial charge is 0.101 e. The number of anilines is 1. The Morgan fingerprint density at radius 2 is 2.36 bits per heavy atom. The van der Waals surface area contributed by atoms with Gasteiger partial charge < -0.3 is 5.32 Å². The van der Waals surface area contributed by atoms with Gasteiger partial charge in [-0.3, -0.25) is 0 Å². The quantitative estimate of drug-likeness (QED) is 0.658. The lowest BCUT2D eigenvalue weighted by Gasteiger charge is -2.06. The van der Waals surface area contributed by atoms with Crippen molar-refractivity contribution in [1.29, 1.82) is 5.26 Å². The Bertz CT molecular complexity index is 366. The zero-order chi connectivity index (χ0) is 10.4. The van der Waals surface area contributed by atoms with Crippen molar-refractivity contribution in [2.24, 2.45) is 0 Å². The van der Waals surface area contributed by atoms with Crippen LogP contribution in [0.2, 0.25) is 0 Å². The Kier molecular flexibility index (Phi) is 4.21. The van der Waals surface area contributed by atoms with Crippen LogP contribution in [0.4, 0.5) is 5.69 Å². The first-order valence-corrected chi connectivity index (χ1v) is 5.11. The van der Waals surface area contributed by atoms with Gasteiger partial charge in [0.05, 0.1) is 11.3 Å². The van der Waals surface area contributed by atoms with Crippen LogP contribution < -0.4 is 5.32 Å². The molecule has 1 aromatic carbocycles. The van der Waals surface area contributed by atoms with Crippen LogP contribution >= 0.6 is 15.9 Å². The summed E-state index contributed by atoms with van der Waals surface area (Å²) in [5, 5.41) is 12.0. The molecule has 0 aliphatic heterocycles. The highest BCUT2D eigenvalue weighted by Gasteiger charge is 2.00. The highest BCUT2D eigenvalue weighted by atomic mass is 79.9. The van der Waals surface area contributed by atoms with Gasteiger partial charge in [-0.2, -0.15) is 5.26 Å². The third kappa shape index (κ3) is 2.90. The van der Waals surface area contributed by atoms with Crippen molar-refractivity contribution in [1.82, 2.24) is 0 Å². The van der Waals surface area contributed by atoms with Crippen molar-refractivity contribution in [3.63, 3.8) is 0 Å². The molecule has 0 fully saturated rings. The maximum absolute atomic E-state index is 8.84. The molecule has 2 nitrogen and oxygen atoms in total. The van der Waals surface area contributed by atoms with Crippen LogP contribution in [0, 0.1) is 11.3 Å². The summed E-state index contributed by atoms with van der Waals surface area (Å²) in [5.41, 5.74) is 1.53. The minimum absolute atomic E-state index is 0.664. The largest absolute Gasteiger partial charge is 0.384 e. The molecule has 0 bridgehead atoms. The molecule has 0 saturated heterocycles. The molecule has 0 heterocycles. The molecule has 1 aromatic rings. The number of benzene rings is 1. The lowest BCUT2D eigenvalue weighted by Crippen LogP contribution is -2.01. The molecule has 0 aliphatic carbocycles. The number of nitrogens with one attached hydrogen (secondary N) is 1. The molecule has 0 atom stereocenters. The fourth-order valence-corrected chi connectivity index (χ4v) is 1.43. The second kappa shape index (κ2) is 5.46. The molecule has 72 valence electrons. The first kappa shape index (κ1) is 10.8. The molecule has 0 aliphatic rings. The van der Waals surface area contributed by atoms with E-state index in [2.05, 4.69) is 33.9 Å². The summed E-state index contributed by atoms with van der Waals surface area (Å²) in [7, 11) is 0. The summed E-state index contributed by atoms with van der Waals surface area (Å²) < 4.78 is 0.970. The summed E-state index contributed by atoms with van der Waals surface area (Å²) in [6.45, 7) is 4.44. The molecule has 1 rings (SSSR count). The third-order valence-electron chi connectivity index (χ3n) is 1.77. The first-order chi connectivity index (χ1) is 6.77. The van der Waals surface area contributed by atoms with Crippen molar-refractivity contribution in [3.8, 4) is 6.07 Å². The highest BCUT2D eigenvalue weighted by molar-refractivity contribution is 9.10. The Labute approximate surface area is 92.4 Å². The third-order valence-corrected chi connectivity index (χ3v) is 2.26. The highest BCUT2D eigenvalue weighted by Crippen LogP contribution is 2.20. The molecule has 1 N–H and O–H groups in total. The average Bonchev–Trinajstić information content (AvgIpc) is 2.19. The maximum atomic E-state index is 8.84. The molecule has 3 heteroatoms. The predicted octanol–water partition coefficient (Wildman–Crippen LogP) is 3.31. The van der Waals surface area contributed by atoms with Gasteiger partial charge in [-0.25, -0.2) is 0 Å². The van der Waals surface area contributed by atoms with Crippen LogP contribution in [0.15, 0.2) is 35.3 Å². The van der Waals surface area contributed by atoms with Crippen molar-refractivity contribution in [3.05, 3.63) is 40.9 Å². The van der Waals surface area contributed by atoms with Crippen molar-refractivity contribution in [2.75, 3.05) is 11.9 Å². The van der Waals surface area contributed by atoms with Crippen molar-refractivity contribution in [2.45, 2.75) is 6.42 Å². The van der Waals surface area contributed by atoms with Crippen LogP contribution in [0.25, 0.3) is 0 Å². The van der Waals surface area contributed by atoms with Crippen molar-refractivity contribution < 1.29 is 0 Å². The summed E-state index contributed by atoms with van der Waals surface area (Å²) in [4.78, 5) is 0. The Morgan fingerprint density at radius 3 is 3.00 bits per heavy atom. The summed E-state index contributed by atoms with van der Waals surface area (Å²) in [6.07, 6.45) is 2.73. The second-order valence-corrected chi connectivity index (χ2v) is 3.72. The molecule has 0 unspecified atom stereocenters. The van der Waals surface area contributed by atoms with Gasteiger partial charge in [-0.05, 0) is 24.6 Å². The molecular weight excluding hydrogens is 240 g/mol. The number of hydrogen-bond acceptors (Lipinski definition) is 2. The number of nitriles is 1. The fraction of sp³-hybridized carbons (Fsp3) is 0.182. The lowest BCUT2D eigenvalue weighted by atomic mass is 10.2. The zero-order valence-electron chi connectivity index (χ0n) is 7.76. The van der Waals surface area contributed by atoms with E-state index < -0.39 is 0 Å². The van der Waals surface area contributed by atoms with E-state index in [0.717, 1.165) is 23.1 Å². The lowest BCUT2D eigenvalue weighted by molar-refractivity contribution is 1.07. The average molecular weight is 251 g/mol. The molecule has 0 radical (unpaired) electrons. The van der Waals surface area contributed by atoms with Crippen LogP contribution in [0.1, 0.15) is 12.0 Å². The van der Waals surface area contributed by atoms with Gasteiger partial charge in [0.25, 0.3) is 0 Å². The Balaban J connectivity index is 2.78. The van der Waals surface area contributed by atoms with E-state index in [1.165, 1.54) is 0 Å². The molecule has 14 heavy (non-hydrogen) atoms. The Hall–Kier alpha value is -1.27. The topological polar surface area (TPSA) is 35.8 Å². The second-order valence-electron chi connectivity index (χ2n) is 2.81. The normalized spacial score (nSPS) is 9.14. The monoisotopic (exact) mass is 250 g/mol. The van der Waals surface area contributed by atoms with E-state index in [1.807, 2.05) is 18.2 Å². The minimum atomic E-state index is 0.664. The van der Waals surface area contributed by atoms with Crippen LogP contribution in [-0.4, -0.2) is 6.54 Å². The van der Waals surface area contributed by atoms with Gasteiger partial charge in [0, 0.05) is 11.0 Å². The van der Waals surface area contributed by atoms with Gasteiger partial charge >= 0.3 is 0 Å². The predicted molar refractivity (Wildman–Crippen MR) is 62.2 cm³/mol. The molecular formula is C11H11BrN2. The van der Waals surface area contributed by atoms with Gasteiger partial charge in [0.1, 0.15) is 6.07 Å². The summed E-state index contributed by atoms with van der Waals surface area (Å²) >= 11 is 3.36. The van der Waals surface area contributed by atoms with Gasteiger partial charge in [-0.1, -0.05) is 22.0 Å². The number of halogens is 1. The molecule has 0 spiro atoms. The van der Waals surface area contributed by atoms with E-state index >= 15 is 0 Å². The van der Waals surface area contributed by atoms with Crippen LogP contribution in [-0.2, 0) is 0 Å². The summed E-state index contributed by atoms with van der Waals surface area (Å²) in [6, 6.07) is 7.70. The van der Waals surface area contributed by atoms with Crippen LogP contribution in [0.5, 0.6) is 0 Å². The number of rotatable bonds is 4. The number of nitrogens with zero attached hydrogens (tertiary/aromatic N) is 1. The molecule has 0 amide bonds. The number of hydrogen-bond donors (Lipinski definition) is 1. The summed E-state index contributed by atoms with van der Waals surface area (Å²) in [5.74, 6) is 0. The first-order valence-electron chi connectivity index (χ1n) is 4.32. The standard InChI is InChI=1S/C11H11BrN2/c1-2-3-6-14-11-7-10(12)5-4-9(11)8-13/h2,4-5,7,14H,1,3,6H2. The molecule has 0 saturated carbocycles. The Morgan fingerprint density at radius 1 is 1.57 bits per heavy atom. The maximum Gasteiger partial charge on any atom is 0.101 e. The molecule has 0 aromatic heterocycles.